The quantitative estimate of drug-likeness (QED) is 0.562. The molecule has 1 unspecified atom stereocenters. The number of hydrogen-bond donors (Lipinski definition) is 2. The summed E-state index contributed by atoms with van der Waals surface area (Å²) in [6, 6.07) is 5.70. The van der Waals surface area contributed by atoms with Crippen LogP contribution >= 0.6 is 0 Å². The molecule has 1 aromatic carbocycles. The number of nitro benzene ring substituents is 1. The molecule has 6 heteroatoms. The predicted octanol–water partition coefficient (Wildman–Crippen LogP) is 0.558. The Morgan fingerprint density at radius 3 is 2.50 bits per heavy atom. The Hall–Kier alpha value is -1.95. The van der Waals surface area contributed by atoms with Crippen LogP contribution in [0.15, 0.2) is 24.3 Å². The molecule has 16 heavy (non-hydrogen) atoms. The van der Waals surface area contributed by atoms with E-state index < -0.39 is 16.9 Å². The first-order chi connectivity index (χ1) is 7.50. The second-order valence-corrected chi connectivity index (χ2v) is 3.43. The van der Waals surface area contributed by atoms with Crippen LogP contribution in [0, 0.1) is 10.1 Å². The molecule has 6 nitrogen and oxygen atoms in total. The maximum absolute atomic E-state index is 10.7. The van der Waals surface area contributed by atoms with Crippen LogP contribution in [-0.4, -0.2) is 16.9 Å². The Kier molecular flexibility index (Phi) is 3.96. The van der Waals surface area contributed by atoms with E-state index in [1.807, 2.05) is 0 Å². The molecule has 0 saturated heterocycles. The summed E-state index contributed by atoms with van der Waals surface area (Å²) in [6.07, 6.45) is 0. The normalized spacial score (nSPS) is 12.1. The van der Waals surface area contributed by atoms with Gasteiger partial charge in [0.25, 0.3) is 5.69 Å². The van der Waals surface area contributed by atoms with Crippen LogP contribution in [-0.2, 0) is 11.3 Å². The van der Waals surface area contributed by atoms with E-state index in [0.29, 0.717) is 6.54 Å². The summed E-state index contributed by atoms with van der Waals surface area (Å²) in [5.41, 5.74) is 5.98. The summed E-state index contributed by atoms with van der Waals surface area (Å²) >= 11 is 0. The molecule has 0 aliphatic rings. The van der Waals surface area contributed by atoms with Gasteiger partial charge in [0.05, 0.1) is 11.0 Å². The summed E-state index contributed by atoms with van der Waals surface area (Å²) in [6.45, 7) is 2.11. The number of nitrogens with one attached hydrogen (secondary N) is 1. The van der Waals surface area contributed by atoms with Gasteiger partial charge in [-0.15, -0.1) is 0 Å². The predicted molar refractivity (Wildman–Crippen MR) is 58.6 cm³/mol. The van der Waals surface area contributed by atoms with Crippen LogP contribution in [0.3, 0.4) is 0 Å². The molecule has 1 atom stereocenters. The average Bonchev–Trinajstić information content (AvgIpc) is 2.26. The van der Waals surface area contributed by atoms with Crippen molar-refractivity contribution in [1.82, 2.24) is 5.32 Å². The number of nitrogens with two attached hydrogens (primary N) is 1. The Morgan fingerprint density at radius 2 is 2.06 bits per heavy atom. The van der Waals surface area contributed by atoms with Crippen molar-refractivity contribution in [1.29, 1.82) is 0 Å². The highest BCUT2D eigenvalue weighted by Crippen LogP contribution is 2.11. The van der Waals surface area contributed by atoms with Gasteiger partial charge >= 0.3 is 0 Å². The van der Waals surface area contributed by atoms with Crippen molar-refractivity contribution in [3.05, 3.63) is 39.9 Å². The number of non-ortho nitro benzene ring substituents is 1. The smallest absolute Gasteiger partial charge is 0.269 e. The minimum Gasteiger partial charge on any atom is -0.368 e. The highest BCUT2D eigenvalue weighted by atomic mass is 16.6. The number of primary amides is 1. The number of carbonyl (C=O) groups is 1. The Morgan fingerprint density at radius 1 is 1.50 bits per heavy atom. The molecule has 1 amide bonds. The van der Waals surface area contributed by atoms with Gasteiger partial charge in [-0.3, -0.25) is 14.9 Å². The minimum absolute atomic E-state index is 0.0479. The van der Waals surface area contributed by atoms with E-state index in [1.165, 1.54) is 12.1 Å². The number of nitrogens with zero attached hydrogens (tertiary/aromatic N) is 1. The fourth-order valence-electron chi connectivity index (χ4n) is 1.11. The zero-order chi connectivity index (χ0) is 12.1. The number of carbonyl (C=O) groups excluding carboxylic acids is 1. The van der Waals surface area contributed by atoms with E-state index >= 15 is 0 Å². The maximum atomic E-state index is 10.7. The number of rotatable bonds is 5. The third kappa shape index (κ3) is 3.32. The van der Waals surface area contributed by atoms with Crippen molar-refractivity contribution in [2.45, 2.75) is 19.5 Å². The third-order valence-electron chi connectivity index (χ3n) is 2.19. The van der Waals surface area contributed by atoms with Crippen molar-refractivity contribution in [2.75, 3.05) is 0 Å². The number of amides is 1. The fraction of sp³-hybridized carbons (Fsp3) is 0.300. The standard InChI is InChI=1S/C10H13N3O3/c1-7(10(11)14)12-6-8-2-4-9(5-3-8)13(15)16/h2-5,7,12H,6H2,1H3,(H2,11,14). The van der Waals surface area contributed by atoms with Crippen molar-refractivity contribution in [3.8, 4) is 0 Å². The summed E-state index contributed by atoms with van der Waals surface area (Å²) in [7, 11) is 0. The molecule has 0 aliphatic heterocycles. The van der Waals surface area contributed by atoms with Gasteiger partial charge in [0.1, 0.15) is 0 Å². The Labute approximate surface area is 92.6 Å². The van der Waals surface area contributed by atoms with E-state index in [2.05, 4.69) is 5.32 Å². The van der Waals surface area contributed by atoms with Crippen molar-refractivity contribution in [2.24, 2.45) is 5.73 Å². The summed E-state index contributed by atoms with van der Waals surface area (Å²) in [5, 5.41) is 13.3. The highest BCUT2D eigenvalue weighted by molar-refractivity contribution is 5.79. The Bertz CT molecular complexity index is 389. The average molecular weight is 223 g/mol. The van der Waals surface area contributed by atoms with Crippen LogP contribution in [0.2, 0.25) is 0 Å². The summed E-state index contributed by atoms with van der Waals surface area (Å²) < 4.78 is 0. The van der Waals surface area contributed by atoms with Crippen molar-refractivity contribution >= 4 is 11.6 Å². The maximum Gasteiger partial charge on any atom is 0.269 e. The van der Waals surface area contributed by atoms with Gasteiger partial charge in [-0.2, -0.15) is 0 Å². The summed E-state index contributed by atoms with van der Waals surface area (Å²) in [4.78, 5) is 20.7. The molecule has 0 aliphatic carbocycles. The van der Waals surface area contributed by atoms with Gasteiger partial charge in [0, 0.05) is 18.7 Å². The zero-order valence-corrected chi connectivity index (χ0v) is 8.84. The molecule has 0 heterocycles. The van der Waals surface area contributed by atoms with E-state index in [9.17, 15) is 14.9 Å². The zero-order valence-electron chi connectivity index (χ0n) is 8.84. The molecule has 1 rings (SSSR count). The molecule has 0 saturated carbocycles. The molecule has 0 aromatic heterocycles. The van der Waals surface area contributed by atoms with Crippen LogP contribution in [0.5, 0.6) is 0 Å². The summed E-state index contributed by atoms with van der Waals surface area (Å²) in [5.74, 6) is -0.429. The molecule has 0 fully saturated rings. The van der Waals surface area contributed by atoms with Crippen LogP contribution in [0.1, 0.15) is 12.5 Å². The first-order valence-corrected chi connectivity index (χ1v) is 4.76. The highest BCUT2D eigenvalue weighted by Gasteiger charge is 2.08. The number of hydrogen-bond acceptors (Lipinski definition) is 4. The largest absolute Gasteiger partial charge is 0.368 e. The second-order valence-electron chi connectivity index (χ2n) is 3.43. The van der Waals surface area contributed by atoms with E-state index in [0.717, 1.165) is 5.56 Å². The first kappa shape index (κ1) is 12.1. The molecule has 3 N–H and O–H groups in total. The van der Waals surface area contributed by atoms with Gasteiger partial charge in [-0.1, -0.05) is 12.1 Å². The molecule has 1 aromatic rings. The van der Waals surface area contributed by atoms with Crippen LogP contribution in [0.25, 0.3) is 0 Å². The topological polar surface area (TPSA) is 98.3 Å². The lowest BCUT2D eigenvalue weighted by Crippen LogP contribution is -2.38. The monoisotopic (exact) mass is 223 g/mol. The number of nitro groups is 1. The molecular formula is C10H13N3O3. The van der Waals surface area contributed by atoms with E-state index in [4.69, 9.17) is 5.73 Å². The lowest BCUT2D eigenvalue weighted by atomic mass is 10.2. The van der Waals surface area contributed by atoms with Gasteiger partial charge in [0.2, 0.25) is 5.91 Å². The van der Waals surface area contributed by atoms with Crippen molar-refractivity contribution < 1.29 is 9.72 Å². The fourth-order valence-corrected chi connectivity index (χ4v) is 1.11. The molecule has 0 radical (unpaired) electrons. The Balaban J connectivity index is 2.56. The van der Waals surface area contributed by atoms with E-state index in [1.54, 1.807) is 19.1 Å². The van der Waals surface area contributed by atoms with E-state index in [-0.39, 0.29) is 5.69 Å². The molecular weight excluding hydrogens is 210 g/mol. The first-order valence-electron chi connectivity index (χ1n) is 4.76. The van der Waals surface area contributed by atoms with Crippen LogP contribution in [0.4, 0.5) is 5.69 Å². The van der Waals surface area contributed by atoms with Gasteiger partial charge in [-0.05, 0) is 12.5 Å². The molecule has 86 valence electrons. The van der Waals surface area contributed by atoms with Gasteiger partial charge in [0.15, 0.2) is 0 Å². The molecule has 0 spiro atoms. The minimum atomic E-state index is -0.455. The van der Waals surface area contributed by atoms with Gasteiger partial charge < -0.3 is 11.1 Å². The van der Waals surface area contributed by atoms with Crippen molar-refractivity contribution in [3.63, 3.8) is 0 Å². The van der Waals surface area contributed by atoms with Crippen LogP contribution < -0.4 is 11.1 Å². The third-order valence-corrected chi connectivity index (χ3v) is 2.19. The molecule has 0 bridgehead atoms. The lowest BCUT2D eigenvalue weighted by Gasteiger charge is -2.09. The van der Waals surface area contributed by atoms with Gasteiger partial charge in [-0.25, -0.2) is 0 Å². The second kappa shape index (κ2) is 5.22. The SMILES string of the molecule is CC(NCc1ccc([N+](=O)[O-])cc1)C(N)=O. The number of benzene rings is 1. The lowest BCUT2D eigenvalue weighted by molar-refractivity contribution is -0.384.